The second-order valence-corrected chi connectivity index (χ2v) is 3.34. The zero-order valence-electron chi connectivity index (χ0n) is 8.14. The Bertz CT molecular complexity index is 456. The molecule has 1 aromatic heterocycles. The van der Waals surface area contributed by atoms with Gasteiger partial charge in [-0.3, -0.25) is 4.98 Å². The van der Waals surface area contributed by atoms with Gasteiger partial charge in [-0.05, 0) is 24.3 Å². The second-order valence-electron chi connectivity index (χ2n) is 2.96. The van der Waals surface area contributed by atoms with E-state index in [1.54, 1.807) is 13.3 Å². The van der Waals surface area contributed by atoms with E-state index in [0.717, 1.165) is 17.0 Å². The van der Waals surface area contributed by atoms with Gasteiger partial charge in [-0.1, -0.05) is 11.6 Å². The molecule has 0 aliphatic rings. The Morgan fingerprint density at radius 3 is 2.47 bits per heavy atom. The third-order valence-corrected chi connectivity index (χ3v) is 2.17. The van der Waals surface area contributed by atoms with E-state index in [0.29, 0.717) is 5.15 Å². The maximum absolute atomic E-state index is 5.75. The summed E-state index contributed by atoms with van der Waals surface area (Å²) >= 11 is 5.75. The molecule has 0 aliphatic heterocycles. The molecule has 0 saturated heterocycles. The summed E-state index contributed by atoms with van der Waals surface area (Å²) in [6, 6.07) is 7.58. The lowest BCUT2D eigenvalue weighted by molar-refractivity contribution is 0.415. The van der Waals surface area contributed by atoms with E-state index < -0.39 is 0 Å². The van der Waals surface area contributed by atoms with E-state index in [9.17, 15) is 0 Å². The Kier molecular flexibility index (Phi) is 2.83. The van der Waals surface area contributed by atoms with E-state index in [4.69, 9.17) is 16.3 Å². The van der Waals surface area contributed by atoms with Gasteiger partial charge in [0.25, 0.3) is 0 Å². The molecule has 1 aromatic carbocycles. The Hall–Kier alpha value is -1.61. The van der Waals surface area contributed by atoms with Gasteiger partial charge in [0, 0.05) is 5.56 Å². The van der Waals surface area contributed by atoms with Gasteiger partial charge >= 0.3 is 0 Å². The van der Waals surface area contributed by atoms with Gasteiger partial charge in [-0.15, -0.1) is 0 Å². The predicted octanol–water partition coefficient (Wildman–Crippen LogP) is 2.81. The molecule has 0 aliphatic carbocycles. The predicted molar refractivity (Wildman–Crippen MR) is 59.0 cm³/mol. The molecule has 0 atom stereocenters. The molecule has 0 radical (unpaired) electrons. The van der Waals surface area contributed by atoms with E-state index in [1.807, 2.05) is 24.3 Å². The minimum Gasteiger partial charge on any atom is -0.497 e. The van der Waals surface area contributed by atoms with Crippen molar-refractivity contribution in [3.05, 3.63) is 41.8 Å². The minimum absolute atomic E-state index is 0.392. The van der Waals surface area contributed by atoms with Crippen LogP contribution in [0.15, 0.2) is 36.7 Å². The van der Waals surface area contributed by atoms with Crippen LogP contribution in [0.2, 0.25) is 5.15 Å². The summed E-state index contributed by atoms with van der Waals surface area (Å²) in [6.07, 6.45) is 3.18. The maximum Gasteiger partial charge on any atom is 0.148 e. The van der Waals surface area contributed by atoms with E-state index >= 15 is 0 Å². The molecule has 0 fully saturated rings. The van der Waals surface area contributed by atoms with Crippen molar-refractivity contribution in [2.45, 2.75) is 0 Å². The molecule has 3 nitrogen and oxygen atoms in total. The highest BCUT2D eigenvalue weighted by atomic mass is 35.5. The first-order chi connectivity index (χ1) is 7.29. The number of methoxy groups -OCH3 is 1. The van der Waals surface area contributed by atoms with Gasteiger partial charge in [0.2, 0.25) is 0 Å². The lowest BCUT2D eigenvalue weighted by Crippen LogP contribution is -1.87. The number of halogens is 1. The van der Waals surface area contributed by atoms with Crippen molar-refractivity contribution in [1.29, 1.82) is 0 Å². The van der Waals surface area contributed by atoms with Crippen molar-refractivity contribution in [1.82, 2.24) is 9.97 Å². The van der Waals surface area contributed by atoms with Crippen molar-refractivity contribution in [2.75, 3.05) is 7.11 Å². The number of benzene rings is 1. The van der Waals surface area contributed by atoms with Crippen molar-refractivity contribution >= 4 is 11.6 Å². The van der Waals surface area contributed by atoms with Crippen LogP contribution in [0.4, 0.5) is 0 Å². The van der Waals surface area contributed by atoms with Crippen LogP contribution < -0.4 is 4.74 Å². The largest absolute Gasteiger partial charge is 0.497 e. The first-order valence-corrected chi connectivity index (χ1v) is 4.79. The summed E-state index contributed by atoms with van der Waals surface area (Å²) < 4.78 is 5.07. The molecule has 4 heteroatoms. The number of hydrogen-bond acceptors (Lipinski definition) is 3. The number of nitrogens with zero attached hydrogens (tertiary/aromatic N) is 2. The fourth-order valence-corrected chi connectivity index (χ4v) is 1.39. The third kappa shape index (κ3) is 2.25. The molecule has 2 aromatic rings. The van der Waals surface area contributed by atoms with Crippen LogP contribution in [0.5, 0.6) is 5.75 Å². The monoisotopic (exact) mass is 220 g/mol. The Morgan fingerprint density at radius 2 is 1.87 bits per heavy atom. The van der Waals surface area contributed by atoms with Crippen molar-refractivity contribution in [2.24, 2.45) is 0 Å². The smallest absolute Gasteiger partial charge is 0.148 e. The number of hydrogen-bond donors (Lipinski definition) is 0. The molecule has 0 spiro atoms. The molecular weight excluding hydrogens is 212 g/mol. The summed E-state index contributed by atoms with van der Waals surface area (Å²) in [5.74, 6) is 0.814. The quantitative estimate of drug-likeness (QED) is 0.781. The van der Waals surface area contributed by atoms with Crippen LogP contribution in [0.1, 0.15) is 0 Å². The van der Waals surface area contributed by atoms with Crippen LogP contribution in [-0.4, -0.2) is 17.1 Å². The van der Waals surface area contributed by atoms with Crippen LogP contribution in [0, 0.1) is 0 Å². The summed E-state index contributed by atoms with van der Waals surface area (Å²) in [7, 11) is 1.63. The van der Waals surface area contributed by atoms with Gasteiger partial charge in [0.15, 0.2) is 0 Å². The molecule has 0 bridgehead atoms. The number of ether oxygens (including phenoxy) is 1. The van der Waals surface area contributed by atoms with E-state index in [1.165, 1.54) is 6.20 Å². The zero-order chi connectivity index (χ0) is 10.7. The molecule has 2 rings (SSSR count). The summed E-state index contributed by atoms with van der Waals surface area (Å²) in [4.78, 5) is 8.14. The maximum atomic E-state index is 5.75. The first-order valence-electron chi connectivity index (χ1n) is 4.41. The molecule has 0 amide bonds. The normalized spacial score (nSPS) is 10.0. The zero-order valence-corrected chi connectivity index (χ0v) is 8.90. The molecule has 0 unspecified atom stereocenters. The van der Waals surface area contributed by atoms with Gasteiger partial charge in [-0.2, -0.15) is 0 Å². The third-order valence-electron chi connectivity index (χ3n) is 1.99. The lowest BCUT2D eigenvalue weighted by Gasteiger charge is -2.02. The Balaban J connectivity index is 2.37. The van der Waals surface area contributed by atoms with Crippen LogP contribution >= 0.6 is 11.6 Å². The van der Waals surface area contributed by atoms with Crippen molar-refractivity contribution in [3.8, 4) is 17.0 Å². The molecule has 15 heavy (non-hydrogen) atoms. The fraction of sp³-hybridized carbons (Fsp3) is 0.0909. The standard InChI is InChI=1S/C11H9ClN2O/c1-15-9-4-2-8(3-5-9)10-6-13-7-11(12)14-10/h2-7H,1H3. The molecule has 0 saturated carbocycles. The topological polar surface area (TPSA) is 35.0 Å². The van der Waals surface area contributed by atoms with Crippen LogP contribution in [-0.2, 0) is 0 Å². The Morgan fingerprint density at radius 1 is 1.13 bits per heavy atom. The average molecular weight is 221 g/mol. The Labute approximate surface area is 92.7 Å². The second kappa shape index (κ2) is 4.28. The van der Waals surface area contributed by atoms with Crippen LogP contribution in [0.25, 0.3) is 11.3 Å². The first kappa shape index (κ1) is 9.93. The minimum atomic E-state index is 0.392. The SMILES string of the molecule is COc1ccc(-c2cncc(Cl)n2)cc1. The van der Waals surface area contributed by atoms with Gasteiger partial charge < -0.3 is 4.74 Å². The number of rotatable bonds is 2. The molecule has 76 valence electrons. The van der Waals surface area contributed by atoms with E-state index in [2.05, 4.69) is 9.97 Å². The number of aromatic nitrogens is 2. The average Bonchev–Trinajstić information content (AvgIpc) is 2.29. The van der Waals surface area contributed by atoms with Crippen LogP contribution in [0.3, 0.4) is 0 Å². The highest BCUT2D eigenvalue weighted by Crippen LogP contribution is 2.20. The summed E-state index contributed by atoms with van der Waals surface area (Å²) in [5.41, 5.74) is 1.72. The molecule has 1 heterocycles. The lowest BCUT2D eigenvalue weighted by atomic mass is 10.1. The van der Waals surface area contributed by atoms with Gasteiger partial charge in [-0.25, -0.2) is 4.98 Å². The van der Waals surface area contributed by atoms with Crippen molar-refractivity contribution < 1.29 is 4.74 Å². The fourth-order valence-electron chi connectivity index (χ4n) is 1.24. The molecule has 0 N–H and O–H groups in total. The van der Waals surface area contributed by atoms with Crippen molar-refractivity contribution in [3.63, 3.8) is 0 Å². The highest BCUT2D eigenvalue weighted by Gasteiger charge is 2.00. The summed E-state index contributed by atoms with van der Waals surface area (Å²) in [6.45, 7) is 0. The summed E-state index contributed by atoms with van der Waals surface area (Å²) in [5, 5.41) is 0.392. The van der Waals surface area contributed by atoms with Gasteiger partial charge in [0.1, 0.15) is 10.9 Å². The van der Waals surface area contributed by atoms with Gasteiger partial charge in [0.05, 0.1) is 25.2 Å². The van der Waals surface area contributed by atoms with E-state index in [-0.39, 0.29) is 0 Å². The highest BCUT2D eigenvalue weighted by molar-refractivity contribution is 6.29. The molecular formula is C11H9ClN2O.